The van der Waals surface area contributed by atoms with E-state index in [9.17, 15) is 5.11 Å². The molecular formula is C16H23NO. The van der Waals surface area contributed by atoms with Gasteiger partial charge in [-0.15, -0.1) is 0 Å². The molecule has 0 atom stereocenters. The van der Waals surface area contributed by atoms with Gasteiger partial charge in [-0.1, -0.05) is 49.8 Å². The molecule has 1 aromatic rings. The molecule has 1 saturated heterocycles. The molecule has 1 aliphatic rings. The molecule has 0 unspecified atom stereocenters. The van der Waals surface area contributed by atoms with Crippen molar-refractivity contribution < 1.29 is 5.11 Å². The first kappa shape index (κ1) is 13.3. The number of hydrogen-bond donors (Lipinski definition) is 2. The van der Waals surface area contributed by atoms with Crippen LogP contribution in [-0.2, 0) is 5.60 Å². The lowest BCUT2D eigenvalue weighted by Gasteiger charge is -2.33. The van der Waals surface area contributed by atoms with E-state index in [1.807, 2.05) is 0 Å². The topological polar surface area (TPSA) is 32.3 Å². The number of aliphatic hydroxyl groups is 1. The molecular weight excluding hydrogens is 222 g/mol. The average molecular weight is 245 g/mol. The number of nitrogens with one attached hydrogen (secondary N) is 1. The normalized spacial score (nSPS) is 19.2. The van der Waals surface area contributed by atoms with Gasteiger partial charge in [-0.25, -0.2) is 0 Å². The van der Waals surface area contributed by atoms with Gasteiger partial charge in [0.25, 0.3) is 0 Å². The Bertz CT molecular complexity index is 388. The van der Waals surface area contributed by atoms with Gasteiger partial charge in [0, 0.05) is 0 Å². The number of unbranched alkanes of at least 4 members (excludes halogenated alkanes) is 1. The van der Waals surface area contributed by atoms with Crippen molar-refractivity contribution in [2.24, 2.45) is 0 Å². The Kier molecular flexibility index (Phi) is 4.56. The van der Waals surface area contributed by atoms with Gasteiger partial charge in [0.1, 0.15) is 0 Å². The van der Waals surface area contributed by atoms with Crippen molar-refractivity contribution >= 4 is 6.08 Å². The van der Waals surface area contributed by atoms with Crippen LogP contribution in [0.2, 0.25) is 0 Å². The molecule has 2 N–H and O–H groups in total. The van der Waals surface area contributed by atoms with Crippen LogP contribution in [0.15, 0.2) is 30.3 Å². The molecule has 0 spiro atoms. The molecule has 0 bridgehead atoms. The smallest absolute Gasteiger partial charge is 0.0920 e. The summed E-state index contributed by atoms with van der Waals surface area (Å²) >= 11 is 0. The molecule has 0 aromatic heterocycles. The lowest BCUT2D eigenvalue weighted by atomic mass is 9.85. The summed E-state index contributed by atoms with van der Waals surface area (Å²) in [7, 11) is 0. The fourth-order valence-corrected chi connectivity index (χ4v) is 2.42. The van der Waals surface area contributed by atoms with Crippen molar-refractivity contribution in [1.82, 2.24) is 5.32 Å². The molecule has 0 saturated carbocycles. The zero-order chi connectivity index (χ0) is 12.8. The van der Waals surface area contributed by atoms with Crippen LogP contribution in [0.25, 0.3) is 6.08 Å². The highest BCUT2D eigenvalue weighted by Gasteiger charge is 2.30. The van der Waals surface area contributed by atoms with Crippen molar-refractivity contribution in [3.63, 3.8) is 0 Å². The summed E-state index contributed by atoms with van der Waals surface area (Å²) in [6, 6.07) is 8.33. The summed E-state index contributed by atoms with van der Waals surface area (Å²) in [4.78, 5) is 0. The highest BCUT2D eigenvalue weighted by molar-refractivity contribution is 5.50. The first-order valence-corrected chi connectivity index (χ1v) is 6.95. The van der Waals surface area contributed by atoms with Crippen LogP contribution in [0, 0.1) is 0 Å². The lowest BCUT2D eigenvalue weighted by Crippen LogP contribution is -2.39. The van der Waals surface area contributed by atoms with Crippen molar-refractivity contribution in [2.75, 3.05) is 13.1 Å². The second-order valence-corrected chi connectivity index (χ2v) is 5.09. The van der Waals surface area contributed by atoms with E-state index < -0.39 is 5.60 Å². The number of rotatable bonds is 4. The van der Waals surface area contributed by atoms with Crippen LogP contribution in [-0.4, -0.2) is 18.2 Å². The maximum atomic E-state index is 10.6. The van der Waals surface area contributed by atoms with Crippen LogP contribution in [0.3, 0.4) is 0 Å². The Hall–Kier alpha value is -1.12. The number of allylic oxidation sites excluding steroid dienone is 1. The van der Waals surface area contributed by atoms with Crippen LogP contribution < -0.4 is 5.32 Å². The molecule has 1 heterocycles. The fraction of sp³-hybridized carbons (Fsp3) is 0.500. The predicted molar refractivity (Wildman–Crippen MR) is 76.4 cm³/mol. The van der Waals surface area contributed by atoms with Crippen molar-refractivity contribution in [3.05, 3.63) is 41.5 Å². The van der Waals surface area contributed by atoms with Crippen LogP contribution >= 0.6 is 0 Å². The average Bonchev–Trinajstić information content (AvgIpc) is 2.41. The minimum atomic E-state index is -0.628. The van der Waals surface area contributed by atoms with Gasteiger partial charge in [0.05, 0.1) is 5.60 Å². The zero-order valence-corrected chi connectivity index (χ0v) is 11.2. The Morgan fingerprint density at radius 2 is 1.89 bits per heavy atom. The molecule has 2 rings (SSSR count). The molecule has 1 aliphatic heterocycles. The second-order valence-electron chi connectivity index (χ2n) is 5.09. The first-order chi connectivity index (χ1) is 8.74. The summed E-state index contributed by atoms with van der Waals surface area (Å²) in [6.45, 7) is 3.98. The van der Waals surface area contributed by atoms with Crippen molar-refractivity contribution in [2.45, 2.75) is 38.2 Å². The molecule has 1 fully saturated rings. The van der Waals surface area contributed by atoms with Gasteiger partial charge >= 0.3 is 0 Å². The van der Waals surface area contributed by atoms with E-state index in [4.69, 9.17) is 0 Å². The Labute approximate surface area is 110 Å². The number of hydrogen-bond acceptors (Lipinski definition) is 2. The zero-order valence-electron chi connectivity index (χ0n) is 11.2. The Balaban J connectivity index is 2.07. The minimum Gasteiger partial charge on any atom is -0.385 e. The molecule has 2 nitrogen and oxygen atoms in total. The first-order valence-electron chi connectivity index (χ1n) is 6.95. The maximum Gasteiger partial charge on any atom is 0.0920 e. The lowest BCUT2D eigenvalue weighted by molar-refractivity contribution is 0.00594. The summed E-state index contributed by atoms with van der Waals surface area (Å²) in [5.74, 6) is 0. The largest absolute Gasteiger partial charge is 0.385 e. The minimum absolute atomic E-state index is 0.628. The van der Waals surface area contributed by atoms with Gasteiger partial charge in [-0.05, 0) is 43.5 Å². The van der Waals surface area contributed by atoms with E-state index in [0.29, 0.717) is 0 Å². The Morgan fingerprint density at radius 1 is 1.22 bits per heavy atom. The molecule has 98 valence electrons. The third-order valence-electron chi connectivity index (χ3n) is 3.64. The van der Waals surface area contributed by atoms with E-state index >= 15 is 0 Å². The van der Waals surface area contributed by atoms with Gasteiger partial charge in [0.2, 0.25) is 0 Å². The van der Waals surface area contributed by atoms with Gasteiger partial charge in [-0.3, -0.25) is 0 Å². The number of piperidine rings is 1. The quantitative estimate of drug-likeness (QED) is 0.854. The number of benzene rings is 1. The summed E-state index contributed by atoms with van der Waals surface area (Å²) in [5.41, 5.74) is 1.64. The second kappa shape index (κ2) is 6.17. The van der Waals surface area contributed by atoms with Gasteiger partial charge in [0.15, 0.2) is 0 Å². The van der Waals surface area contributed by atoms with E-state index in [1.54, 1.807) is 0 Å². The molecule has 18 heavy (non-hydrogen) atoms. The predicted octanol–water partition coefficient (Wildman–Crippen LogP) is 3.07. The summed E-state index contributed by atoms with van der Waals surface area (Å²) in [6.07, 6.45) is 8.27. The fourth-order valence-electron chi connectivity index (χ4n) is 2.42. The highest BCUT2D eigenvalue weighted by atomic mass is 16.3. The standard InChI is InChI=1S/C16H23NO/c1-2-3-4-5-14-6-8-15(9-7-14)16(18)10-12-17-13-11-16/h4-9,17-18H,2-3,10-13H2,1H3. The summed E-state index contributed by atoms with van der Waals surface area (Å²) in [5, 5.41) is 13.9. The SMILES string of the molecule is CCCC=Cc1ccc(C2(O)CCNCC2)cc1. The monoisotopic (exact) mass is 245 g/mol. The van der Waals surface area contributed by atoms with Crippen LogP contribution in [0.5, 0.6) is 0 Å². The molecule has 0 aliphatic carbocycles. The highest BCUT2D eigenvalue weighted by Crippen LogP contribution is 2.30. The Morgan fingerprint density at radius 3 is 2.50 bits per heavy atom. The van der Waals surface area contributed by atoms with E-state index in [1.165, 1.54) is 12.0 Å². The van der Waals surface area contributed by atoms with Crippen LogP contribution in [0.4, 0.5) is 0 Å². The van der Waals surface area contributed by atoms with E-state index in [0.717, 1.165) is 37.9 Å². The van der Waals surface area contributed by atoms with E-state index in [2.05, 4.69) is 48.7 Å². The van der Waals surface area contributed by atoms with Gasteiger partial charge < -0.3 is 10.4 Å². The summed E-state index contributed by atoms with van der Waals surface area (Å²) < 4.78 is 0. The molecule has 0 radical (unpaired) electrons. The van der Waals surface area contributed by atoms with E-state index in [-0.39, 0.29) is 0 Å². The molecule has 0 amide bonds. The van der Waals surface area contributed by atoms with Crippen molar-refractivity contribution in [3.8, 4) is 0 Å². The van der Waals surface area contributed by atoms with Crippen molar-refractivity contribution in [1.29, 1.82) is 0 Å². The maximum absolute atomic E-state index is 10.6. The molecule has 1 aromatic carbocycles. The van der Waals surface area contributed by atoms with Crippen LogP contribution in [0.1, 0.15) is 43.7 Å². The molecule has 2 heteroatoms. The van der Waals surface area contributed by atoms with Gasteiger partial charge in [-0.2, -0.15) is 0 Å². The third-order valence-corrected chi connectivity index (χ3v) is 3.64. The third kappa shape index (κ3) is 3.21.